The summed E-state index contributed by atoms with van der Waals surface area (Å²) < 4.78 is 5.77. The molecule has 1 aliphatic rings. The predicted octanol–water partition coefficient (Wildman–Crippen LogP) is 2.53. The lowest BCUT2D eigenvalue weighted by molar-refractivity contribution is -0.140. The van der Waals surface area contributed by atoms with Crippen LogP contribution in [0.2, 0.25) is 0 Å². The van der Waals surface area contributed by atoms with Gasteiger partial charge in [0.1, 0.15) is 5.69 Å². The number of hydrogen-bond acceptors (Lipinski definition) is 4. The van der Waals surface area contributed by atoms with Crippen molar-refractivity contribution in [1.29, 1.82) is 0 Å². The van der Waals surface area contributed by atoms with Gasteiger partial charge in [0, 0.05) is 37.0 Å². The fourth-order valence-corrected chi connectivity index (χ4v) is 3.07. The molecule has 0 saturated heterocycles. The Morgan fingerprint density at radius 1 is 1.43 bits per heavy atom. The van der Waals surface area contributed by atoms with Gasteiger partial charge in [-0.2, -0.15) is 0 Å². The third kappa shape index (κ3) is 3.07. The van der Waals surface area contributed by atoms with Crippen LogP contribution in [0.4, 0.5) is 0 Å². The Morgan fingerprint density at radius 2 is 2.19 bits per heavy atom. The van der Waals surface area contributed by atoms with Crippen molar-refractivity contribution in [3.05, 3.63) is 24.3 Å². The monoisotopic (exact) mass is 291 g/mol. The van der Waals surface area contributed by atoms with Crippen molar-refractivity contribution in [3.63, 3.8) is 0 Å². The van der Waals surface area contributed by atoms with Crippen molar-refractivity contribution in [2.24, 2.45) is 5.41 Å². The SMILES string of the molecule is CCCN(C(=O)c1cnccn1)C1CC(OCC)C1(C)C. The molecule has 0 aliphatic heterocycles. The Kier molecular flexibility index (Phi) is 4.93. The topological polar surface area (TPSA) is 55.3 Å². The highest BCUT2D eigenvalue weighted by Crippen LogP contribution is 2.46. The third-order valence-corrected chi connectivity index (χ3v) is 4.38. The molecule has 1 heterocycles. The van der Waals surface area contributed by atoms with E-state index < -0.39 is 0 Å². The summed E-state index contributed by atoms with van der Waals surface area (Å²) in [6, 6.07) is 0.198. The number of ether oxygens (including phenoxy) is 1. The average Bonchev–Trinajstić information content (AvgIpc) is 2.49. The van der Waals surface area contributed by atoms with Crippen molar-refractivity contribution in [1.82, 2.24) is 14.9 Å². The van der Waals surface area contributed by atoms with Gasteiger partial charge >= 0.3 is 0 Å². The highest BCUT2D eigenvalue weighted by molar-refractivity contribution is 5.92. The largest absolute Gasteiger partial charge is 0.378 e. The predicted molar refractivity (Wildman–Crippen MR) is 81.0 cm³/mol. The van der Waals surface area contributed by atoms with E-state index in [9.17, 15) is 4.79 Å². The van der Waals surface area contributed by atoms with Gasteiger partial charge in [0.05, 0.1) is 12.3 Å². The standard InChI is InChI=1S/C16H25N3O2/c1-5-9-19(15(20)12-11-17-7-8-18-12)13-10-14(21-6-2)16(13,3)4/h7-8,11,13-14H,5-6,9-10H2,1-4H3. The number of nitrogens with zero attached hydrogens (tertiary/aromatic N) is 3. The van der Waals surface area contributed by atoms with Crippen LogP contribution < -0.4 is 0 Å². The van der Waals surface area contributed by atoms with Crippen LogP contribution in [0.15, 0.2) is 18.6 Å². The van der Waals surface area contributed by atoms with Crippen LogP contribution in [0.25, 0.3) is 0 Å². The molecule has 0 spiro atoms. The molecule has 0 bridgehead atoms. The number of rotatable bonds is 6. The fraction of sp³-hybridized carbons (Fsp3) is 0.688. The van der Waals surface area contributed by atoms with Crippen LogP contribution in [0.3, 0.4) is 0 Å². The van der Waals surface area contributed by atoms with E-state index in [0.717, 1.165) is 19.4 Å². The van der Waals surface area contributed by atoms with Crippen molar-refractivity contribution in [2.75, 3.05) is 13.2 Å². The summed E-state index contributed by atoms with van der Waals surface area (Å²) in [6.07, 6.45) is 6.73. The molecule has 1 fully saturated rings. The molecule has 5 nitrogen and oxygen atoms in total. The van der Waals surface area contributed by atoms with Crippen molar-refractivity contribution < 1.29 is 9.53 Å². The highest BCUT2D eigenvalue weighted by atomic mass is 16.5. The Labute approximate surface area is 126 Å². The minimum Gasteiger partial charge on any atom is -0.378 e. The summed E-state index contributed by atoms with van der Waals surface area (Å²) >= 11 is 0. The molecule has 1 aromatic heterocycles. The molecule has 21 heavy (non-hydrogen) atoms. The van der Waals surface area contributed by atoms with E-state index in [1.807, 2.05) is 11.8 Å². The Bertz CT molecular complexity index is 476. The molecule has 116 valence electrons. The molecule has 1 aromatic rings. The molecule has 0 N–H and O–H groups in total. The minimum absolute atomic E-state index is 0.0248. The molecule has 2 unspecified atom stereocenters. The van der Waals surface area contributed by atoms with Gasteiger partial charge in [-0.05, 0) is 19.8 Å². The Balaban J connectivity index is 2.15. The van der Waals surface area contributed by atoms with Crippen LogP contribution in [0, 0.1) is 5.41 Å². The van der Waals surface area contributed by atoms with Gasteiger partial charge < -0.3 is 9.64 Å². The number of hydrogen-bond donors (Lipinski definition) is 0. The first kappa shape index (κ1) is 15.9. The van der Waals surface area contributed by atoms with Gasteiger partial charge in [0.25, 0.3) is 5.91 Å². The molecule has 1 aliphatic carbocycles. The molecule has 0 aromatic carbocycles. The van der Waals surface area contributed by atoms with Crippen molar-refractivity contribution in [2.45, 2.75) is 52.7 Å². The van der Waals surface area contributed by atoms with E-state index in [0.29, 0.717) is 12.3 Å². The molecule has 2 atom stereocenters. The maximum atomic E-state index is 12.7. The van der Waals surface area contributed by atoms with E-state index in [2.05, 4.69) is 30.7 Å². The van der Waals surface area contributed by atoms with Crippen LogP contribution >= 0.6 is 0 Å². The van der Waals surface area contributed by atoms with Gasteiger partial charge in [-0.3, -0.25) is 9.78 Å². The maximum absolute atomic E-state index is 12.7. The minimum atomic E-state index is -0.0297. The van der Waals surface area contributed by atoms with E-state index >= 15 is 0 Å². The van der Waals surface area contributed by atoms with Crippen LogP contribution in [-0.4, -0.2) is 46.1 Å². The second-order valence-corrected chi connectivity index (χ2v) is 6.11. The van der Waals surface area contributed by atoms with E-state index in [1.54, 1.807) is 12.4 Å². The lowest BCUT2D eigenvalue weighted by Crippen LogP contribution is -2.63. The zero-order valence-corrected chi connectivity index (χ0v) is 13.4. The summed E-state index contributed by atoms with van der Waals surface area (Å²) in [7, 11) is 0. The van der Waals surface area contributed by atoms with Crippen molar-refractivity contribution >= 4 is 5.91 Å². The van der Waals surface area contributed by atoms with Gasteiger partial charge in [0.15, 0.2) is 0 Å². The summed E-state index contributed by atoms with van der Waals surface area (Å²) in [5.74, 6) is -0.0297. The van der Waals surface area contributed by atoms with Crippen LogP contribution in [0.1, 0.15) is 51.0 Å². The van der Waals surface area contributed by atoms with E-state index in [1.165, 1.54) is 6.20 Å². The number of carbonyl (C=O) groups excluding carboxylic acids is 1. The quantitative estimate of drug-likeness (QED) is 0.808. The smallest absolute Gasteiger partial charge is 0.274 e. The molecular weight excluding hydrogens is 266 g/mol. The zero-order valence-electron chi connectivity index (χ0n) is 13.4. The third-order valence-electron chi connectivity index (χ3n) is 4.38. The first-order chi connectivity index (χ1) is 10.0. The molecule has 1 saturated carbocycles. The first-order valence-corrected chi connectivity index (χ1v) is 7.70. The Hall–Kier alpha value is -1.49. The number of aromatic nitrogens is 2. The zero-order chi connectivity index (χ0) is 15.5. The maximum Gasteiger partial charge on any atom is 0.274 e. The van der Waals surface area contributed by atoms with Crippen LogP contribution in [-0.2, 0) is 4.74 Å². The number of carbonyl (C=O) groups is 1. The summed E-state index contributed by atoms with van der Waals surface area (Å²) in [6.45, 7) is 9.90. The number of amides is 1. The lowest BCUT2D eigenvalue weighted by Gasteiger charge is -2.55. The van der Waals surface area contributed by atoms with Gasteiger partial charge in [-0.25, -0.2) is 4.98 Å². The average molecular weight is 291 g/mol. The fourth-order valence-electron chi connectivity index (χ4n) is 3.07. The van der Waals surface area contributed by atoms with E-state index in [4.69, 9.17) is 4.74 Å². The normalized spacial score (nSPS) is 23.4. The van der Waals surface area contributed by atoms with Crippen LogP contribution in [0.5, 0.6) is 0 Å². The van der Waals surface area contributed by atoms with Gasteiger partial charge in [0.2, 0.25) is 0 Å². The molecule has 0 radical (unpaired) electrons. The molecular formula is C16H25N3O2. The molecule has 2 rings (SSSR count). The molecule has 1 amide bonds. The summed E-state index contributed by atoms with van der Waals surface area (Å²) in [4.78, 5) is 22.8. The van der Waals surface area contributed by atoms with E-state index in [-0.39, 0.29) is 23.5 Å². The first-order valence-electron chi connectivity index (χ1n) is 7.70. The van der Waals surface area contributed by atoms with Gasteiger partial charge in [-0.1, -0.05) is 20.8 Å². The second kappa shape index (κ2) is 6.52. The van der Waals surface area contributed by atoms with Gasteiger partial charge in [-0.15, -0.1) is 0 Å². The highest BCUT2D eigenvalue weighted by Gasteiger charge is 2.52. The molecule has 5 heteroatoms. The van der Waals surface area contributed by atoms with Crippen molar-refractivity contribution in [3.8, 4) is 0 Å². The Morgan fingerprint density at radius 3 is 2.71 bits per heavy atom. The second-order valence-electron chi connectivity index (χ2n) is 6.11. The summed E-state index contributed by atoms with van der Waals surface area (Å²) in [5, 5.41) is 0. The summed E-state index contributed by atoms with van der Waals surface area (Å²) in [5.41, 5.74) is 0.393. The lowest BCUT2D eigenvalue weighted by atomic mass is 9.63.